The average molecular weight is 353 g/mol. The number of carbonyl (C=O) groups excluding carboxylic acids is 1. The molecule has 22 heavy (non-hydrogen) atoms. The van der Waals surface area contributed by atoms with Crippen LogP contribution in [-0.2, 0) is 14.8 Å². The monoisotopic (exact) mass is 352 g/mol. The Kier molecular flexibility index (Phi) is 9.03. The molecule has 0 bridgehead atoms. The zero-order valence-electron chi connectivity index (χ0n) is 12.7. The molecule has 0 atom stereocenters. The number of esters is 1. The summed E-state index contributed by atoms with van der Waals surface area (Å²) in [7, 11) is 0.704. The molecule has 0 radical (unpaired) electrons. The lowest BCUT2D eigenvalue weighted by Crippen LogP contribution is -2.27. The lowest BCUT2D eigenvalue weighted by Gasteiger charge is -2.11. The van der Waals surface area contributed by atoms with Crippen molar-refractivity contribution in [3.8, 4) is 5.75 Å². The average Bonchev–Trinajstić information content (AvgIpc) is 2.50. The molecule has 1 aromatic carbocycles. The van der Waals surface area contributed by atoms with Crippen molar-refractivity contribution in [3.63, 3.8) is 0 Å². The summed E-state index contributed by atoms with van der Waals surface area (Å²) in [6, 6.07) is 4.05. The fraction of sp³-hybridized carbons (Fsp3) is 0.462. The van der Waals surface area contributed by atoms with Crippen LogP contribution in [-0.4, -0.2) is 48.7 Å². The summed E-state index contributed by atoms with van der Waals surface area (Å²) in [6.45, 7) is 1.02. The van der Waals surface area contributed by atoms with Crippen molar-refractivity contribution < 1.29 is 22.7 Å². The van der Waals surface area contributed by atoms with Crippen molar-refractivity contribution in [2.75, 3.05) is 34.4 Å². The van der Waals surface area contributed by atoms with Crippen molar-refractivity contribution >= 4 is 28.4 Å². The summed E-state index contributed by atoms with van der Waals surface area (Å²) in [4.78, 5) is 11.4. The maximum absolute atomic E-state index is 12.2. The molecule has 126 valence electrons. The van der Waals surface area contributed by atoms with Crippen LogP contribution < -0.4 is 14.8 Å². The molecule has 0 fully saturated rings. The largest absolute Gasteiger partial charge is 0.495 e. The van der Waals surface area contributed by atoms with Crippen molar-refractivity contribution in [2.24, 2.45) is 0 Å². The maximum Gasteiger partial charge on any atom is 0.337 e. The Morgan fingerprint density at radius 3 is 2.45 bits per heavy atom. The van der Waals surface area contributed by atoms with E-state index in [1.54, 1.807) is 7.05 Å². The number of nitrogens with one attached hydrogen (secondary N) is 2. The second kappa shape index (κ2) is 9.62. The molecule has 0 aromatic heterocycles. The summed E-state index contributed by atoms with van der Waals surface area (Å²) in [5.74, 6) is -0.460. The molecule has 0 aliphatic carbocycles. The topological polar surface area (TPSA) is 93.7 Å². The molecule has 1 rings (SSSR count). The van der Waals surface area contributed by atoms with E-state index in [1.165, 1.54) is 32.4 Å². The molecular weight excluding hydrogens is 332 g/mol. The number of rotatable bonds is 8. The van der Waals surface area contributed by atoms with Gasteiger partial charge in [0.1, 0.15) is 10.6 Å². The van der Waals surface area contributed by atoms with Crippen LogP contribution in [0.2, 0.25) is 0 Å². The van der Waals surface area contributed by atoms with Crippen LogP contribution in [0.25, 0.3) is 0 Å². The van der Waals surface area contributed by atoms with Gasteiger partial charge in [-0.1, -0.05) is 0 Å². The molecule has 2 N–H and O–H groups in total. The van der Waals surface area contributed by atoms with Gasteiger partial charge in [0, 0.05) is 6.54 Å². The van der Waals surface area contributed by atoms with E-state index in [-0.39, 0.29) is 28.6 Å². The van der Waals surface area contributed by atoms with Gasteiger partial charge in [0.15, 0.2) is 0 Å². The Morgan fingerprint density at radius 1 is 1.23 bits per heavy atom. The zero-order valence-corrected chi connectivity index (χ0v) is 14.3. The number of ether oxygens (including phenoxy) is 2. The van der Waals surface area contributed by atoms with Crippen LogP contribution in [0.5, 0.6) is 5.75 Å². The van der Waals surface area contributed by atoms with Gasteiger partial charge in [0.2, 0.25) is 10.0 Å². The van der Waals surface area contributed by atoms with Crippen molar-refractivity contribution in [1.82, 2.24) is 10.0 Å². The minimum absolute atomic E-state index is 0. The highest BCUT2D eigenvalue weighted by Crippen LogP contribution is 2.25. The molecule has 0 heterocycles. The van der Waals surface area contributed by atoms with Crippen molar-refractivity contribution in [2.45, 2.75) is 11.3 Å². The Bertz CT molecular complexity index is 592. The minimum Gasteiger partial charge on any atom is -0.495 e. The van der Waals surface area contributed by atoms with Gasteiger partial charge >= 0.3 is 5.97 Å². The molecule has 0 aliphatic heterocycles. The highest BCUT2D eigenvalue weighted by atomic mass is 35.5. The van der Waals surface area contributed by atoms with E-state index < -0.39 is 16.0 Å². The smallest absolute Gasteiger partial charge is 0.337 e. The van der Waals surface area contributed by atoms with Gasteiger partial charge in [-0.25, -0.2) is 17.9 Å². The summed E-state index contributed by atoms with van der Waals surface area (Å²) in [5.41, 5.74) is 0.225. The lowest BCUT2D eigenvalue weighted by atomic mass is 10.2. The molecule has 0 saturated carbocycles. The van der Waals surface area contributed by atoms with Gasteiger partial charge < -0.3 is 14.8 Å². The van der Waals surface area contributed by atoms with Gasteiger partial charge in [-0.05, 0) is 38.2 Å². The molecule has 1 aromatic rings. The lowest BCUT2D eigenvalue weighted by molar-refractivity contribution is 0.0600. The van der Waals surface area contributed by atoms with E-state index in [9.17, 15) is 13.2 Å². The van der Waals surface area contributed by atoms with Gasteiger partial charge in [-0.3, -0.25) is 0 Å². The normalized spacial score (nSPS) is 10.7. The Balaban J connectivity index is 0.00000441. The van der Waals surface area contributed by atoms with Crippen LogP contribution in [0.3, 0.4) is 0 Å². The van der Waals surface area contributed by atoms with Crippen LogP contribution in [0, 0.1) is 0 Å². The fourth-order valence-electron chi connectivity index (χ4n) is 1.68. The number of hydrogen-bond donors (Lipinski definition) is 2. The zero-order chi connectivity index (χ0) is 15.9. The van der Waals surface area contributed by atoms with Crippen molar-refractivity contribution in [3.05, 3.63) is 23.8 Å². The first-order valence-corrected chi connectivity index (χ1v) is 7.85. The summed E-state index contributed by atoms with van der Waals surface area (Å²) in [6.07, 6.45) is 0.665. The van der Waals surface area contributed by atoms with Gasteiger partial charge in [-0.15, -0.1) is 12.4 Å². The quantitative estimate of drug-likeness (QED) is 0.530. The van der Waals surface area contributed by atoms with Crippen LogP contribution >= 0.6 is 12.4 Å². The summed E-state index contributed by atoms with van der Waals surface area (Å²) in [5, 5.41) is 2.93. The molecule has 0 aliphatic rings. The highest BCUT2D eigenvalue weighted by molar-refractivity contribution is 7.89. The number of hydrogen-bond acceptors (Lipinski definition) is 6. The molecule has 0 unspecified atom stereocenters. The SMILES string of the molecule is CNCCCNS(=O)(=O)c1ccc(C(=O)OC)cc1OC.Cl. The van der Waals surface area contributed by atoms with E-state index in [0.29, 0.717) is 19.5 Å². The first-order chi connectivity index (χ1) is 9.96. The van der Waals surface area contributed by atoms with E-state index in [4.69, 9.17) is 4.74 Å². The predicted molar refractivity (Wildman–Crippen MR) is 85.3 cm³/mol. The number of halogens is 1. The minimum atomic E-state index is -3.69. The summed E-state index contributed by atoms with van der Waals surface area (Å²) < 4.78 is 36.5. The Hall–Kier alpha value is -1.35. The number of benzene rings is 1. The number of sulfonamides is 1. The van der Waals surface area contributed by atoms with Crippen LogP contribution in [0.1, 0.15) is 16.8 Å². The van der Waals surface area contributed by atoms with Gasteiger partial charge in [0.05, 0.1) is 19.8 Å². The van der Waals surface area contributed by atoms with Crippen LogP contribution in [0.4, 0.5) is 0 Å². The highest BCUT2D eigenvalue weighted by Gasteiger charge is 2.20. The second-order valence-electron chi connectivity index (χ2n) is 4.21. The summed E-state index contributed by atoms with van der Waals surface area (Å²) >= 11 is 0. The predicted octanol–water partition coefficient (Wildman–Crippen LogP) is 0.791. The third-order valence-electron chi connectivity index (χ3n) is 2.77. The van der Waals surface area contributed by atoms with Gasteiger partial charge in [-0.2, -0.15) is 0 Å². The third-order valence-corrected chi connectivity index (χ3v) is 4.27. The van der Waals surface area contributed by atoms with Gasteiger partial charge in [0.25, 0.3) is 0 Å². The van der Waals surface area contributed by atoms with E-state index in [2.05, 4.69) is 14.8 Å². The van der Waals surface area contributed by atoms with E-state index in [0.717, 1.165) is 0 Å². The van der Waals surface area contributed by atoms with E-state index >= 15 is 0 Å². The van der Waals surface area contributed by atoms with Crippen molar-refractivity contribution in [1.29, 1.82) is 0 Å². The molecule has 7 nitrogen and oxygen atoms in total. The second-order valence-corrected chi connectivity index (χ2v) is 5.95. The Morgan fingerprint density at radius 2 is 1.91 bits per heavy atom. The first kappa shape index (κ1) is 20.6. The molecular formula is C13H21ClN2O5S. The number of methoxy groups -OCH3 is 2. The molecule has 9 heteroatoms. The maximum atomic E-state index is 12.2. The van der Waals surface area contributed by atoms with E-state index in [1.807, 2.05) is 0 Å². The first-order valence-electron chi connectivity index (χ1n) is 6.37. The molecule has 0 saturated heterocycles. The van der Waals surface area contributed by atoms with Crippen LogP contribution in [0.15, 0.2) is 23.1 Å². The Labute approximate surface area is 136 Å². The standard InChI is InChI=1S/C13H20N2O5S.ClH/c1-14-7-4-8-15-21(17,18)12-6-5-10(13(16)20-3)9-11(12)19-2;/h5-6,9,14-15H,4,7-8H2,1-3H3;1H. The molecule has 0 spiro atoms. The fourth-order valence-corrected chi connectivity index (χ4v) is 2.91. The third kappa shape index (κ3) is 5.45. The number of carbonyl (C=O) groups is 1. The molecule has 0 amide bonds.